The smallest absolute Gasteiger partial charge is 0.160 e. The van der Waals surface area contributed by atoms with E-state index < -0.39 is 6.10 Å². The van der Waals surface area contributed by atoms with Crippen molar-refractivity contribution >= 4 is 17.2 Å². The third kappa shape index (κ3) is 11.2. The number of rotatable bonds is 16. The van der Waals surface area contributed by atoms with Crippen molar-refractivity contribution in [1.29, 1.82) is 0 Å². The fourth-order valence-corrected chi connectivity index (χ4v) is 5.58. The van der Waals surface area contributed by atoms with Gasteiger partial charge in [-0.05, 0) is 89.1 Å². The SMILES string of the molecule is CCCCC(CC)COCC(O)COc1ccc(/C(C)=N/C(=N\C(=C(/C)CC)c2ccc(C)cc2C)c2ccc(C)cc2C)c(O)c1. The van der Waals surface area contributed by atoms with Gasteiger partial charge in [-0.25, -0.2) is 9.98 Å². The van der Waals surface area contributed by atoms with Crippen LogP contribution in [-0.4, -0.2) is 47.7 Å². The summed E-state index contributed by atoms with van der Waals surface area (Å²) < 4.78 is 11.6. The average Bonchev–Trinajstić information content (AvgIpc) is 3.03. The molecular weight excluding hydrogens is 584 g/mol. The fourth-order valence-electron chi connectivity index (χ4n) is 5.58. The number of aryl methyl sites for hydroxylation is 4. The lowest BCUT2D eigenvalue weighted by atomic mass is 9.99. The molecule has 254 valence electrons. The summed E-state index contributed by atoms with van der Waals surface area (Å²) in [4.78, 5) is 10.3. The number of hydrogen-bond donors (Lipinski definition) is 2. The normalized spacial score (nSPS) is 14.2. The van der Waals surface area contributed by atoms with Crippen LogP contribution in [0.3, 0.4) is 0 Å². The molecule has 0 saturated heterocycles. The van der Waals surface area contributed by atoms with Gasteiger partial charge >= 0.3 is 0 Å². The summed E-state index contributed by atoms with van der Waals surface area (Å²) in [5.74, 6) is 1.62. The number of ether oxygens (including phenoxy) is 2. The van der Waals surface area contributed by atoms with Gasteiger partial charge in [0.2, 0.25) is 0 Å². The second-order valence-electron chi connectivity index (χ2n) is 12.8. The molecular formula is C41H56N2O4. The van der Waals surface area contributed by atoms with Gasteiger partial charge in [0.15, 0.2) is 5.84 Å². The second-order valence-corrected chi connectivity index (χ2v) is 12.8. The highest BCUT2D eigenvalue weighted by Crippen LogP contribution is 2.29. The molecule has 47 heavy (non-hydrogen) atoms. The van der Waals surface area contributed by atoms with E-state index in [2.05, 4.69) is 91.8 Å². The zero-order valence-electron chi connectivity index (χ0n) is 30.1. The molecule has 2 unspecified atom stereocenters. The molecule has 6 heteroatoms. The molecule has 3 aromatic rings. The first-order valence-corrected chi connectivity index (χ1v) is 17.2. The van der Waals surface area contributed by atoms with E-state index in [1.165, 1.54) is 35.1 Å². The zero-order chi connectivity index (χ0) is 34.5. The zero-order valence-corrected chi connectivity index (χ0v) is 30.1. The van der Waals surface area contributed by atoms with Crippen LogP contribution in [0.4, 0.5) is 0 Å². The molecule has 0 bridgehead atoms. The van der Waals surface area contributed by atoms with Crippen LogP contribution in [0, 0.1) is 33.6 Å². The van der Waals surface area contributed by atoms with Crippen molar-refractivity contribution in [2.24, 2.45) is 15.9 Å². The molecule has 2 atom stereocenters. The molecule has 0 spiro atoms. The summed E-state index contributed by atoms with van der Waals surface area (Å²) in [6.45, 7) is 19.8. The maximum Gasteiger partial charge on any atom is 0.160 e. The molecule has 3 aromatic carbocycles. The van der Waals surface area contributed by atoms with E-state index in [0.717, 1.165) is 41.6 Å². The molecule has 0 aliphatic carbocycles. The lowest BCUT2D eigenvalue weighted by Crippen LogP contribution is -2.25. The van der Waals surface area contributed by atoms with Crippen LogP contribution in [0.2, 0.25) is 0 Å². The van der Waals surface area contributed by atoms with Gasteiger partial charge in [-0.15, -0.1) is 0 Å². The van der Waals surface area contributed by atoms with Crippen molar-refractivity contribution < 1.29 is 19.7 Å². The maximum absolute atomic E-state index is 11.1. The summed E-state index contributed by atoms with van der Waals surface area (Å²) in [5.41, 5.74) is 9.95. The van der Waals surface area contributed by atoms with Gasteiger partial charge in [0.1, 0.15) is 24.2 Å². The molecule has 0 saturated carbocycles. The Bertz CT molecular complexity index is 1570. The summed E-state index contributed by atoms with van der Waals surface area (Å²) in [6.07, 6.45) is 4.69. The molecule has 0 amide bonds. The van der Waals surface area contributed by atoms with Gasteiger partial charge < -0.3 is 19.7 Å². The highest BCUT2D eigenvalue weighted by molar-refractivity contribution is 6.14. The first-order valence-electron chi connectivity index (χ1n) is 17.2. The minimum atomic E-state index is -0.758. The predicted molar refractivity (Wildman–Crippen MR) is 197 cm³/mol. The van der Waals surface area contributed by atoms with Gasteiger partial charge in [0, 0.05) is 29.4 Å². The number of allylic oxidation sites excluding steroid dienone is 1. The number of hydrogen-bond acceptors (Lipinski definition) is 5. The number of aliphatic hydroxyl groups excluding tert-OH is 1. The number of aliphatic hydroxyl groups is 1. The summed E-state index contributed by atoms with van der Waals surface area (Å²) in [6, 6.07) is 17.9. The maximum atomic E-state index is 11.1. The third-order valence-corrected chi connectivity index (χ3v) is 8.69. The monoisotopic (exact) mass is 640 g/mol. The van der Waals surface area contributed by atoms with Crippen LogP contribution < -0.4 is 4.74 Å². The third-order valence-electron chi connectivity index (χ3n) is 8.69. The fraction of sp³-hybridized carbons (Fsp3) is 0.463. The Morgan fingerprint density at radius 3 is 1.98 bits per heavy atom. The second kappa shape index (κ2) is 18.6. The van der Waals surface area contributed by atoms with Crippen LogP contribution in [0.15, 0.2) is 70.2 Å². The van der Waals surface area contributed by atoms with Crippen LogP contribution in [0.5, 0.6) is 11.5 Å². The minimum absolute atomic E-state index is 0.0473. The number of benzene rings is 3. The van der Waals surface area contributed by atoms with Crippen LogP contribution in [0.25, 0.3) is 5.70 Å². The number of phenolic OH excluding ortho intramolecular Hbond substituents is 1. The van der Waals surface area contributed by atoms with E-state index >= 15 is 0 Å². The number of amidine groups is 1. The Kier molecular flexibility index (Phi) is 14.9. The largest absolute Gasteiger partial charge is 0.507 e. The van der Waals surface area contributed by atoms with E-state index in [-0.39, 0.29) is 19.0 Å². The van der Waals surface area contributed by atoms with Gasteiger partial charge in [-0.1, -0.05) is 87.6 Å². The predicted octanol–water partition coefficient (Wildman–Crippen LogP) is 9.70. The molecule has 0 aliphatic rings. The Morgan fingerprint density at radius 2 is 1.40 bits per heavy atom. The van der Waals surface area contributed by atoms with Crippen molar-refractivity contribution in [2.75, 3.05) is 19.8 Å². The quantitative estimate of drug-likeness (QED) is 0.121. The molecule has 0 fully saturated rings. The molecule has 0 aromatic heterocycles. The number of unbranched alkanes of at least 4 members (excludes halogenated alkanes) is 1. The molecule has 6 nitrogen and oxygen atoms in total. The molecule has 2 N–H and O–H groups in total. The van der Waals surface area contributed by atoms with Gasteiger partial charge in [0.05, 0.1) is 18.0 Å². The Labute approximate surface area is 283 Å². The molecule has 0 aliphatic heterocycles. The Morgan fingerprint density at radius 1 is 0.766 bits per heavy atom. The molecule has 0 radical (unpaired) electrons. The molecule has 3 rings (SSSR count). The van der Waals surface area contributed by atoms with Crippen LogP contribution >= 0.6 is 0 Å². The summed E-state index contributed by atoms with van der Waals surface area (Å²) >= 11 is 0. The lowest BCUT2D eigenvalue weighted by molar-refractivity contribution is -0.00111. The van der Waals surface area contributed by atoms with Crippen LogP contribution in [0.1, 0.15) is 106 Å². The van der Waals surface area contributed by atoms with Gasteiger partial charge in [-0.2, -0.15) is 0 Å². The van der Waals surface area contributed by atoms with Crippen LogP contribution in [-0.2, 0) is 4.74 Å². The van der Waals surface area contributed by atoms with Crippen molar-refractivity contribution in [1.82, 2.24) is 0 Å². The van der Waals surface area contributed by atoms with E-state index in [1.807, 2.05) is 6.92 Å². The highest BCUT2D eigenvalue weighted by Gasteiger charge is 2.16. The van der Waals surface area contributed by atoms with Crippen molar-refractivity contribution in [3.8, 4) is 11.5 Å². The van der Waals surface area contributed by atoms with Crippen molar-refractivity contribution in [3.63, 3.8) is 0 Å². The van der Waals surface area contributed by atoms with E-state index in [0.29, 0.717) is 35.4 Å². The lowest BCUT2D eigenvalue weighted by Gasteiger charge is -2.17. The van der Waals surface area contributed by atoms with E-state index in [9.17, 15) is 10.2 Å². The van der Waals surface area contributed by atoms with E-state index in [4.69, 9.17) is 19.5 Å². The average molecular weight is 641 g/mol. The number of aliphatic imine (C=N–C) groups is 2. The number of aromatic hydroxyl groups is 1. The van der Waals surface area contributed by atoms with Gasteiger partial charge in [-0.3, -0.25) is 0 Å². The minimum Gasteiger partial charge on any atom is -0.507 e. The first kappa shape index (κ1) is 37.7. The first-order chi connectivity index (χ1) is 22.5. The van der Waals surface area contributed by atoms with Gasteiger partial charge in [0.25, 0.3) is 0 Å². The topological polar surface area (TPSA) is 83.6 Å². The Balaban J connectivity index is 1.88. The standard InChI is InChI=1S/C41H56N2O4/c1-10-13-14-33(12-3)24-46-25-34(44)26-47-35-17-20-38(39(45)23-35)32(9)42-41(37-19-16-28(5)22-31(37)8)43-40(29(6)11-2)36-18-15-27(4)21-30(36)7/h15-23,33-34,44-45H,10-14,24-26H2,1-9H3/b40-29+,42-32+,43-41-. The molecule has 0 heterocycles. The number of nitrogens with zero attached hydrogens (tertiary/aromatic N) is 2. The summed E-state index contributed by atoms with van der Waals surface area (Å²) in [5, 5.41) is 21.5. The van der Waals surface area contributed by atoms with Crippen molar-refractivity contribution in [2.45, 2.75) is 101 Å². The number of phenols is 1. The Hall–Kier alpha value is -3.74. The van der Waals surface area contributed by atoms with E-state index in [1.54, 1.807) is 18.2 Å². The summed E-state index contributed by atoms with van der Waals surface area (Å²) in [7, 11) is 0. The van der Waals surface area contributed by atoms with Crippen molar-refractivity contribution in [3.05, 3.63) is 99.1 Å². The highest BCUT2D eigenvalue weighted by atomic mass is 16.5.